The zero-order valence-corrected chi connectivity index (χ0v) is 12.2. The maximum atomic E-state index is 12.5. The van der Waals surface area contributed by atoms with Crippen LogP contribution < -0.4 is 5.32 Å². The molecule has 0 atom stereocenters. The van der Waals surface area contributed by atoms with E-state index in [4.69, 9.17) is 11.6 Å². The van der Waals surface area contributed by atoms with Crippen molar-refractivity contribution >= 4 is 11.6 Å². The predicted molar refractivity (Wildman–Crippen MR) is 79.3 cm³/mol. The molecule has 0 saturated heterocycles. The van der Waals surface area contributed by atoms with Crippen molar-refractivity contribution in [3.63, 3.8) is 0 Å². The highest BCUT2D eigenvalue weighted by atomic mass is 35.5. The third-order valence-corrected chi connectivity index (χ3v) is 3.45. The van der Waals surface area contributed by atoms with Crippen LogP contribution in [-0.4, -0.2) is 6.54 Å². The Hall–Kier alpha value is -1.52. The smallest absolute Gasteiger partial charge is 0.313 e. The SMILES string of the molecule is CCNCc1ccc(-c2ccc(C(F)(F)F)cc2)c(Cl)c1. The number of hydrogen-bond acceptors (Lipinski definition) is 1. The molecule has 0 bridgehead atoms. The molecular formula is C16H15ClF3N. The first-order valence-electron chi connectivity index (χ1n) is 6.58. The molecule has 0 aliphatic heterocycles. The lowest BCUT2D eigenvalue weighted by molar-refractivity contribution is -0.137. The van der Waals surface area contributed by atoms with E-state index in [2.05, 4.69) is 5.32 Å². The molecule has 0 saturated carbocycles. The Kier molecular flexibility index (Phi) is 4.91. The van der Waals surface area contributed by atoms with Crippen molar-refractivity contribution in [2.45, 2.75) is 19.6 Å². The zero-order valence-electron chi connectivity index (χ0n) is 11.5. The molecule has 0 fully saturated rings. The fraction of sp³-hybridized carbons (Fsp3) is 0.250. The van der Waals surface area contributed by atoms with Gasteiger partial charge in [0, 0.05) is 17.1 Å². The highest BCUT2D eigenvalue weighted by Crippen LogP contribution is 2.33. The molecule has 0 aromatic heterocycles. The Morgan fingerprint density at radius 3 is 2.24 bits per heavy atom. The standard InChI is InChI=1S/C16H15ClF3N/c1-2-21-10-11-3-8-14(15(17)9-11)12-4-6-13(7-5-12)16(18,19)20/h3-9,21H,2,10H2,1H3. The molecule has 0 spiro atoms. The molecular weight excluding hydrogens is 299 g/mol. The quantitative estimate of drug-likeness (QED) is 0.824. The van der Waals surface area contributed by atoms with Crippen molar-refractivity contribution in [3.8, 4) is 11.1 Å². The summed E-state index contributed by atoms with van der Waals surface area (Å²) in [6, 6.07) is 10.6. The van der Waals surface area contributed by atoms with Crippen LogP contribution in [-0.2, 0) is 12.7 Å². The van der Waals surface area contributed by atoms with E-state index in [1.807, 2.05) is 25.1 Å². The molecule has 0 heterocycles. The van der Waals surface area contributed by atoms with E-state index >= 15 is 0 Å². The first-order chi connectivity index (χ1) is 9.91. The number of benzene rings is 2. The number of rotatable bonds is 4. The molecule has 0 aliphatic carbocycles. The van der Waals surface area contributed by atoms with Crippen molar-refractivity contribution in [3.05, 3.63) is 58.6 Å². The van der Waals surface area contributed by atoms with Gasteiger partial charge in [-0.15, -0.1) is 0 Å². The minimum Gasteiger partial charge on any atom is -0.313 e. The molecule has 2 aromatic carbocycles. The summed E-state index contributed by atoms with van der Waals surface area (Å²) >= 11 is 6.22. The fourth-order valence-corrected chi connectivity index (χ4v) is 2.32. The Bertz CT molecular complexity index is 606. The number of alkyl halides is 3. The first kappa shape index (κ1) is 15.9. The summed E-state index contributed by atoms with van der Waals surface area (Å²) in [7, 11) is 0. The molecule has 112 valence electrons. The van der Waals surface area contributed by atoms with Crippen molar-refractivity contribution in [2.24, 2.45) is 0 Å². The minimum absolute atomic E-state index is 0.533. The molecule has 1 nitrogen and oxygen atoms in total. The van der Waals surface area contributed by atoms with E-state index in [9.17, 15) is 13.2 Å². The Labute approximate surface area is 126 Å². The summed E-state index contributed by atoms with van der Waals surface area (Å²) in [6.45, 7) is 3.58. The monoisotopic (exact) mass is 313 g/mol. The van der Waals surface area contributed by atoms with Crippen LogP contribution >= 0.6 is 11.6 Å². The topological polar surface area (TPSA) is 12.0 Å². The maximum Gasteiger partial charge on any atom is 0.416 e. The van der Waals surface area contributed by atoms with Crippen LogP contribution in [0.5, 0.6) is 0 Å². The van der Waals surface area contributed by atoms with Gasteiger partial charge in [-0.3, -0.25) is 0 Å². The summed E-state index contributed by atoms with van der Waals surface area (Å²) in [4.78, 5) is 0. The predicted octanol–water partition coefficient (Wildman–Crippen LogP) is 5.14. The van der Waals surface area contributed by atoms with Gasteiger partial charge in [-0.2, -0.15) is 13.2 Å². The molecule has 21 heavy (non-hydrogen) atoms. The second-order valence-corrected chi connectivity index (χ2v) is 5.08. The fourth-order valence-electron chi connectivity index (χ4n) is 2.01. The summed E-state index contributed by atoms with van der Waals surface area (Å²) in [5.41, 5.74) is 1.78. The Morgan fingerprint density at radius 2 is 1.71 bits per heavy atom. The number of nitrogens with one attached hydrogen (secondary N) is 1. The average molecular weight is 314 g/mol. The second-order valence-electron chi connectivity index (χ2n) is 4.67. The highest BCUT2D eigenvalue weighted by Gasteiger charge is 2.30. The lowest BCUT2D eigenvalue weighted by Gasteiger charge is -2.10. The van der Waals surface area contributed by atoms with E-state index in [0.29, 0.717) is 17.1 Å². The van der Waals surface area contributed by atoms with Gasteiger partial charge in [0.2, 0.25) is 0 Å². The van der Waals surface area contributed by atoms with Gasteiger partial charge in [-0.05, 0) is 35.9 Å². The van der Waals surface area contributed by atoms with E-state index in [1.165, 1.54) is 12.1 Å². The molecule has 0 unspecified atom stereocenters. The van der Waals surface area contributed by atoms with E-state index in [0.717, 1.165) is 29.8 Å². The van der Waals surface area contributed by atoms with Gasteiger partial charge in [-0.1, -0.05) is 42.8 Å². The van der Waals surface area contributed by atoms with Crippen molar-refractivity contribution in [2.75, 3.05) is 6.54 Å². The van der Waals surface area contributed by atoms with Gasteiger partial charge >= 0.3 is 6.18 Å². The highest BCUT2D eigenvalue weighted by molar-refractivity contribution is 6.33. The second kappa shape index (κ2) is 6.50. The summed E-state index contributed by atoms with van der Waals surface area (Å²) in [5, 5.41) is 3.72. The van der Waals surface area contributed by atoms with Gasteiger partial charge in [0.15, 0.2) is 0 Å². The largest absolute Gasteiger partial charge is 0.416 e. The van der Waals surface area contributed by atoms with Crippen LogP contribution in [0.3, 0.4) is 0 Å². The average Bonchev–Trinajstić information content (AvgIpc) is 2.44. The molecule has 0 aliphatic rings. The maximum absolute atomic E-state index is 12.5. The first-order valence-corrected chi connectivity index (χ1v) is 6.96. The van der Waals surface area contributed by atoms with E-state index in [1.54, 1.807) is 0 Å². The normalized spacial score (nSPS) is 11.7. The van der Waals surface area contributed by atoms with Gasteiger partial charge in [-0.25, -0.2) is 0 Å². The molecule has 2 aromatic rings. The van der Waals surface area contributed by atoms with Crippen LogP contribution in [0.25, 0.3) is 11.1 Å². The summed E-state index contributed by atoms with van der Waals surface area (Å²) in [5.74, 6) is 0. The zero-order chi connectivity index (χ0) is 15.5. The molecule has 0 amide bonds. The Morgan fingerprint density at radius 1 is 1.05 bits per heavy atom. The summed E-state index contributed by atoms with van der Waals surface area (Å²) in [6.07, 6.45) is -4.32. The van der Waals surface area contributed by atoms with Gasteiger partial charge in [0.05, 0.1) is 5.56 Å². The number of halogens is 4. The lowest BCUT2D eigenvalue weighted by atomic mass is 10.0. The van der Waals surface area contributed by atoms with Gasteiger partial charge < -0.3 is 5.32 Å². The van der Waals surface area contributed by atoms with Crippen LogP contribution in [0, 0.1) is 0 Å². The molecule has 0 radical (unpaired) electrons. The third kappa shape index (κ3) is 3.99. The van der Waals surface area contributed by atoms with Crippen LogP contribution in [0.15, 0.2) is 42.5 Å². The van der Waals surface area contributed by atoms with Crippen molar-refractivity contribution in [1.29, 1.82) is 0 Å². The van der Waals surface area contributed by atoms with Gasteiger partial charge in [0.1, 0.15) is 0 Å². The van der Waals surface area contributed by atoms with Gasteiger partial charge in [0.25, 0.3) is 0 Å². The lowest BCUT2D eigenvalue weighted by Crippen LogP contribution is -2.11. The van der Waals surface area contributed by atoms with Crippen LogP contribution in [0.1, 0.15) is 18.1 Å². The van der Waals surface area contributed by atoms with E-state index in [-0.39, 0.29) is 0 Å². The Balaban J connectivity index is 2.26. The minimum atomic E-state index is -4.32. The van der Waals surface area contributed by atoms with Crippen LogP contribution in [0.2, 0.25) is 5.02 Å². The van der Waals surface area contributed by atoms with Crippen molar-refractivity contribution in [1.82, 2.24) is 5.32 Å². The third-order valence-electron chi connectivity index (χ3n) is 3.14. The molecule has 1 N–H and O–H groups in total. The van der Waals surface area contributed by atoms with Crippen molar-refractivity contribution < 1.29 is 13.2 Å². The molecule has 2 rings (SSSR count). The van der Waals surface area contributed by atoms with E-state index < -0.39 is 11.7 Å². The molecule has 5 heteroatoms. The van der Waals surface area contributed by atoms with Crippen LogP contribution in [0.4, 0.5) is 13.2 Å². The summed E-state index contributed by atoms with van der Waals surface area (Å²) < 4.78 is 37.6. The number of hydrogen-bond donors (Lipinski definition) is 1.